The van der Waals surface area contributed by atoms with Gasteiger partial charge in [0, 0.05) is 18.7 Å². The summed E-state index contributed by atoms with van der Waals surface area (Å²) < 4.78 is 21.1. The molecule has 5 nitrogen and oxygen atoms in total. The molecule has 1 N–H and O–H groups in total. The number of rotatable bonds is 8. The highest BCUT2D eigenvalue weighted by molar-refractivity contribution is 5.51. The third kappa shape index (κ3) is 4.01. The van der Waals surface area contributed by atoms with Crippen LogP contribution in [0.2, 0.25) is 0 Å². The number of ether oxygens (including phenoxy) is 4. The van der Waals surface area contributed by atoms with Crippen LogP contribution >= 0.6 is 0 Å². The fraction of sp³-hybridized carbons (Fsp3) is 0.571. The lowest BCUT2D eigenvalue weighted by atomic mass is 10.1. The van der Waals surface area contributed by atoms with Gasteiger partial charge in [0.05, 0.1) is 33.5 Å². The highest BCUT2D eigenvalue weighted by Gasteiger charge is 2.20. The summed E-state index contributed by atoms with van der Waals surface area (Å²) in [6, 6.07) is 3.42. The molecule has 1 atom stereocenters. The molecular weight excluding hydrogens is 248 g/mol. The second-order valence-electron chi connectivity index (χ2n) is 4.04. The molecule has 1 aromatic rings. The lowest BCUT2D eigenvalue weighted by Crippen LogP contribution is -2.11. The van der Waals surface area contributed by atoms with Gasteiger partial charge < -0.3 is 24.1 Å². The van der Waals surface area contributed by atoms with Crippen LogP contribution in [0.25, 0.3) is 0 Å². The molecule has 0 radical (unpaired) electrons. The third-order valence-corrected chi connectivity index (χ3v) is 2.71. The Balaban J connectivity index is 3.02. The molecule has 19 heavy (non-hydrogen) atoms. The van der Waals surface area contributed by atoms with Crippen LogP contribution in [0.4, 0.5) is 0 Å². The van der Waals surface area contributed by atoms with E-state index in [2.05, 4.69) is 0 Å². The maximum Gasteiger partial charge on any atom is 0.132 e. The Bertz CT molecular complexity index is 366. The molecule has 0 aliphatic heterocycles. The molecule has 0 heterocycles. The first-order valence-electron chi connectivity index (χ1n) is 6.23. The van der Waals surface area contributed by atoms with E-state index in [9.17, 15) is 5.11 Å². The van der Waals surface area contributed by atoms with E-state index >= 15 is 0 Å². The summed E-state index contributed by atoms with van der Waals surface area (Å²) in [6.07, 6.45) is 0.103. The summed E-state index contributed by atoms with van der Waals surface area (Å²) in [7, 11) is 4.64. The van der Waals surface area contributed by atoms with Crippen LogP contribution in [-0.4, -0.2) is 39.6 Å². The maximum atomic E-state index is 10.2. The average molecular weight is 270 g/mol. The maximum absolute atomic E-state index is 10.2. The molecule has 0 fully saturated rings. The van der Waals surface area contributed by atoms with E-state index in [1.807, 2.05) is 6.92 Å². The van der Waals surface area contributed by atoms with E-state index in [1.54, 1.807) is 19.2 Å². The highest BCUT2D eigenvalue weighted by atomic mass is 16.5. The Hall–Kier alpha value is -1.46. The van der Waals surface area contributed by atoms with Crippen LogP contribution in [-0.2, 0) is 4.74 Å². The van der Waals surface area contributed by atoms with Gasteiger partial charge in [0.1, 0.15) is 23.4 Å². The van der Waals surface area contributed by atoms with Crippen LogP contribution in [0, 0.1) is 0 Å². The molecule has 0 saturated heterocycles. The standard InChI is InChI=1S/C14H22O5/c1-5-6-19-9-11(15)14-12(17-3)7-10(16-2)8-13(14)18-4/h7-8,11,15H,5-6,9H2,1-4H3. The first kappa shape index (κ1) is 15.6. The van der Waals surface area contributed by atoms with Crippen molar-refractivity contribution in [3.8, 4) is 17.2 Å². The van der Waals surface area contributed by atoms with Crippen molar-refractivity contribution < 1.29 is 24.1 Å². The number of benzene rings is 1. The topological polar surface area (TPSA) is 57.2 Å². The molecule has 1 rings (SSSR count). The van der Waals surface area contributed by atoms with Crippen molar-refractivity contribution in [2.24, 2.45) is 0 Å². The van der Waals surface area contributed by atoms with Gasteiger partial charge in [0.25, 0.3) is 0 Å². The van der Waals surface area contributed by atoms with Gasteiger partial charge in [-0.15, -0.1) is 0 Å². The molecule has 0 bridgehead atoms. The molecule has 0 saturated carbocycles. The summed E-state index contributed by atoms with van der Waals surface area (Å²) in [5.41, 5.74) is 0.571. The SMILES string of the molecule is CCCOCC(O)c1c(OC)cc(OC)cc1OC. The fourth-order valence-corrected chi connectivity index (χ4v) is 1.78. The van der Waals surface area contributed by atoms with E-state index in [4.69, 9.17) is 18.9 Å². The zero-order valence-corrected chi connectivity index (χ0v) is 11.9. The third-order valence-electron chi connectivity index (χ3n) is 2.71. The second-order valence-corrected chi connectivity index (χ2v) is 4.04. The summed E-state index contributed by atoms with van der Waals surface area (Å²) in [4.78, 5) is 0. The van der Waals surface area contributed by atoms with E-state index in [-0.39, 0.29) is 6.61 Å². The molecule has 108 valence electrons. The Morgan fingerprint density at radius 1 is 1.05 bits per heavy atom. The van der Waals surface area contributed by atoms with E-state index < -0.39 is 6.10 Å². The van der Waals surface area contributed by atoms with Crippen molar-refractivity contribution in [3.63, 3.8) is 0 Å². The van der Waals surface area contributed by atoms with Gasteiger partial charge in [0.15, 0.2) is 0 Å². The predicted molar refractivity (Wildman–Crippen MR) is 72.2 cm³/mol. The molecule has 0 aliphatic carbocycles. The van der Waals surface area contributed by atoms with Gasteiger partial charge in [-0.25, -0.2) is 0 Å². The quantitative estimate of drug-likeness (QED) is 0.734. The average Bonchev–Trinajstić information content (AvgIpc) is 2.45. The summed E-state index contributed by atoms with van der Waals surface area (Å²) >= 11 is 0. The normalized spacial score (nSPS) is 12.1. The zero-order valence-electron chi connectivity index (χ0n) is 11.9. The highest BCUT2D eigenvalue weighted by Crippen LogP contribution is 2.38. The minimum atomic E-state index is -0.803. The molecule has 1 unspecified atom stereocenters. The Morgan fingerprint density at radius 2 is 1.63 bits per heavy atom. The smallest absolute Gasteiger partial charge is 0.132 e. The Morgan fingerprint density at radius 3 is 2.05 bits per heavy atom. The Labute approximate surface area is 114 Å². The molecule has 0 spiro atoms. The fourth-order valence-electron chi connectivity index (χ4n) is 1.78. The summed E-state index contributed by atoms with van der Waals surface area (Å²) in [5, 5.41) is 10.2. The van der Waals surface area contributed by atoms with Gasteiger partial charge in [0.2, 0.25) is 0 Å². The summed E-state index contributed by atoms with van der Waals surface area (Å²) in [6.45, 7) is 2.83. The minimum Gasteiger partial charge on any atom is -0.496 e. The van der Waals surface area contributed by atoms with Crippen LogP contribution in [0.3, 0.4) is 0 Å². The van der Waals surface area contributed by atoms with Crippen molar-refractivity contribution in [2.75, 3.05) is 34.5 Å². The van der Waals surface area contributed by atoms with Gasteiger partial charge in [-0.2, -0.15) is 0 Å². The largest absolute Gasteiger partial charge is 0.496 e. The Kier molecular flexibility index (Phi) is 6.45. The number of hydrogen-bond acceptors (Lipinski definition) is 5. The number of methoxy groups -OCH3 is 3. The van der Waals surface area contributed by atoms with Gasteiger partial charge in [-0.3, -0.25) is 0 Å². The predicted octanol–water partition coefficient (Wildman–Crippen LogP) is 2.17. The first-order valence-corrected chi connectivity index (χ1v) is 6.23. The van der Waals surface area contributed by atoms with Crippen molar-refractivity contribution >= 4 is 0 Å². The van der Waals surface area contributed by atoms with E-state index in [0.717, 1.165) is 6.42 Å². The second kappa shape index (κ2) is 7.86. The van der Waals surface area contributed by atoms with Crippen molar-refractivity contribution in [2.45, 2.75) is 19.4 Å². The number of aliphatic hydroxyl groups excluding tert-OH is 1. The molecule has 0 amide bonds. The van der Waals surface area contributed by atoms with Gasteiger partial charge in [-0.1, -0.05) is 6.92 Å². The number of aliphatic hydroxyl groups is 1. The van der Waals surface area contributed by atoms with Gasteiger partial charge >= 0.3 is 0 Å². The molecule has 0 aliphatic rings. The van der Waals surface area contributed by atoms with E-state index in [1.165, 1.54) is 14.2 Å². The van der Waals surface area contributed by atoms with Crippen molar-refractivity contribution in [1.29, 1.82) is 0 Å². The van der Waals surface area contributed by atoms with Crippen LogP contribution < -0.4 is 14.2 Å². The van der Waals surface area contributed by atoms with Crippen molar-refractivity contribution in [1.82, 2.24) is 0 Å². The summed E-state index contributed by atoms with van der Waals surface area (Å²) in [5.74, 6) is 1.65. The van der Waals surface area contributed by atoms with Gasteiger partial charge in [-0.05, 0) is 6.42 Å². The minimum absolute atomic E-state index is 0.201. The number of hydrogen-bond donors (Lipinski definition) is 1. The van der Waals surface area contributed by atoms with Crippen LogP contribution in [0.1, 0.15) is 25.0 Å². The lowest BCUT2D eigenvalue weighted by molar-refractivity contribution is 0.0339. The van der Waals surface area contributed by atoms with E-state index in [0.29, 0.717) is 29.4 Å². The monoisotopic (exact) mass is 270 g/mol. The molecular formula is C14H22O5. The van der Waals surface area contributed by atoms with Crippen LogP contribution in [0.15, 0.2) is 12.1 Å². The van der Waals surface area contributed by atoms with Crippen LogP contribution in [0.5, 0.6) is 17.2 Å². The molecule has 0 aromatic heterocycles. The lowest BCUT2D eigenvalue weighted by Gasteiger charge is -2.19. The van der Waals surface area contributed by atoms with Crippen molar-refractivity contribution in [3.05, 3.63) is 17.7 Å². The molecule has 1 aromatic carbocycles. The first-order chi connectivity index (χ1) is 9.17. The molecule has 5 heteroatoms. The zero-order chi connectivity index (χ0) is 14.3.